The predicted octanol–water partition coefficient (Wildman–Crippen LogP) is 2.14. The number of rotatable bonds is 3. The molecule has 1 fully saturated rings. The lowest BCUT2D eigenvalue weighted by molar-refractivity contribution is -0.116. The van der Waals surface area contributed by atoms with Crippen molar-refractivity contribution in [3.63, 3.8) is 0 Å². The minimum Gasteiger partial charge on any atom is -0.326 e. The molecule has 9 heteroatoms. The number of aromatic nitrogens is 3. The third-order valence-corrected chi connectivity index (χ3v) is 7.32. The maximum atomic E-state index is 13.4. The largest absolute Gasteiger partial charge is 0.326 e. The number of hydrogen-bond donors (Lipinski definition) is 1. The average molecular weight is 397 g/mol. The molecule has 144 valence electrons. The van der Waals surface area contributed by atoms with Crippen molar-refractivity contribution in [3.05, 3.63) is 54.0 Å². The number of amides is 1. The van der Waals surface area contributed by atoms with E-state index in [9.17, 15) is 13.2 Å². The molecule has 2 aliphatic rings. The summed E-state index contributed by atoms with van der Waals surface area (Å²) in [5.41, 5.74) is 2.24. The van der Waals surface area contributed by atoms with Crippen LogP contribution in [-0.2, 0) is 21.2 Å². The van der Waals surface area contributed by atoms with Gasteiger partial charge < -0.3 is 5.32 Å². The molecule has 3 aromatic rings. The third-order valence-electron chi connectivity index (χ3n) is 5.42. The molecule has 0 bridgehead atoms. The van der Waals surface area contributed by atoms with Crippen LogP contribution >= 0.6 is 0 Å². The van der Waals surface area contributed by atoms with Crippen molar-refractivity contribution in [2.24, 2.45) is 0 Å². The van der Waals surface area contributed by atoms with Crippen molar-refractivity contribution in [1.82, 2.24) is 18.9 Å². The summed E-state index contributed by atoms with van der Waals surface area (Å²) < 4.78 is 30.2. The zero-order valence-corrected chi connectivity index (χ0v) is 15.9. The second-order valence-electron chi connectivity index (χ2n) is 7.13. The number of sulfonamides is 1. The third kappa shape index (κ3) is 2.70. The van der Waals surface area contributed by atoms with Gasteiger partial charge in [0.1, 0.15) is 0 Å². The summed E-state index contributed by atoms with van der Waals surface area (Å²) >= 11 is 0. The molecule has 1 saturated heterocycles. The van der Waals surface area contributed by atoms with Crippen molar-refractivity contribution >= 4 is 27.3 Å². The highest BCUT2D eigenvalue weighted by molar-refractivity contribution is 7.89. The first kappa shape index (κ1) is 17.3. The average Bonchev–Trinajstić information content (AvgIpc) is 3.34. The van der Waals surface area contributed by atoms with Crippen LogP contribution in [0.15, 0.2) is 47.5 Å². The summed E-state index contributed by atoms with van der Waals surface area (Å²) in [6.07, 6.45) is 4.25. The quantitative estimate of drug-likeness (QED) is 0.730. The van der Waals surface area contributed by atoms with Crippen LogP contribution in [-0.4, -0.2) is 39.8 Å². The first-order valence-electron chi connectivity index (χ1n) is 9.28. The lowest BCUT2D eigenvalue weighted by Gasteiger charge is -2.24. The maximum Gasteiger partial charge on any atom is 0.243 e. The number of carbonyl (C=O) groups excluding carboxylic acids is 1. The van der Waals surface area contributed by atoms with Crippen LogP contribution in [0.25, 0.3) is 5.65 Å². The molecule has 28 heavy (non-hydrogen) atoms. The molecule has 8 nitrogen and oxygen atoms in total. The molecule has 2 aromatic heterocycles. The summed E-state index contributed by atoms with van der Waals surface area (Å²) in [6, 6.07) is 10.2. The Morgan fingerprint density at radius 3 is 2.89 bits per heavy atom. The van der Waals surface area contributed by atoms with E-state index >= 15 is 0 Å². The zero-order valence-electron chi connectivity index (χ0n) is 15.1. The molecular formula is C19H19N5O3S. The van der Waals surface area contributed by atoms with E-state index in [-0.39, 0.29) is 16.8 Å². The van der Waals surface area contributed by atoms with Crippen LogP contribution in [0.4, 0.5) is 5.69 Å². The van der Waals surface area contributed by atoms with Crippen LogP contribution in [0.2, 0.25) is 0 Å². The van der Waals surface area contributed by atoms with E-state index in [0.717, 1.165) is 12.0 Å². The van der Waals surface area contributed by atoms with Gasteiger partial charge in [0.25, 0.3) is 0 Å². The van der Waals surface area contributed by atoms with Gasteiger partial charge in [-0.2, -0.15) is 4.31 Å². The standard InChI is InChI=1S/C19H19N5O3S/c25-18-9-6-13-12-14(7-8-15(13)20-18)28(26,27)24-11-3-4-16(24)19-22-21-17-5-1-2-10-23(17)19/h1-2,5,7-8,10,12,16H,3-4,6,9,11H2,(H,20,25). The van der Waals surface area contributed by atoms with Crippen molar-refractivity contribution in [3.8, 4) is 0 Å². The number of aryl methyl sites for hydroxylation is 1. The van der Waals surface area contributed by atoms with Crippen LogP contribution < -0.4 is 5.32 Å². The Hall–Kier alpha value is -2.78. The van der Waals surface area contributed by atoms with E-state index in [1.165, 1.54) is 4.31 Å². The number of nitrogens with zero attached hydrogens (tertiary/aromatic N) is 4. The number of carbonyl (C=O) groups is 1. The Kier molecular flexibility index (Phi) is 3.95. The maximum absolute atomic E-state index is 13.4. The van der Waals surface area contributed by atoms with E-state index in [1.807, 2.05) is 28.8 Å². The molecule has 0 radical (unpaired) electrons. The van der Waals surface area contributed by atoms with Gasteiger partial charge in [-0.1, -0.05) is 6.07 Å². The van der Waals surface area contributed by atoms with Gasteiger partial charge in [0.2, 0.25) is 15.9 Å². The number of nitrogens with one attached hydrogen (secondary N) is 1. The molecule has 4 heterocycles. The van der Waals surface area contributed by atoms with E-state index in [0.29, 0.717) is 43.0 Å². The lowest BCUT2D eigenvalue weighted by atomic mass is 10.0. The molecular weight excluding hydrogens is 378 g/mol. The summed E-state index contributed by atoms with van der Waals surface area (Å²) in [7, 11) is -3.69. The fourth-order valence-corrected chi connectivity index (χ4v) is 5.73. The molecule has 1 unspecified atom stereocenters. The van der Waals surface area contributed by atoms with Crippen LogP contribution in [0.1, 0.15) is 36.7 Å². The van der Waals surface area contributed by atoms with Gasteiger partial charge in [0.05, 0.1) is 10.9 Å². The smallest absolute Gasteiger partial charge is 0.243 e. The van der Waals surface area contributed by atoms with E-state index in [4.69, 9.17) is 0 Å². The highest BCUT2D eigenvalue weighted by Crippen LogP contribution is 2.37. The number of benzene rings is 1. The minimum atomic E-state index is -3.69. The number of hydrogen-bond acceptors (Lipinski definition) is 5. The van der Waals surface area contributed by atoms with Gasteiger partial charge in [0, 0.05) is 24.8 Å². The topological polar surface area (TPSA) is 96.7 Å². The molecule has 5 rings (SSSR count). The Balaban J connectivity index is 1.53. The summed E-state index contributed by atoms with van der Waals surface area (Å²) in [6.45, 7) is 0.447. The van der Waals surface area contributed by atoms with Crippen molar-refractivity contribution < 1.29 is 13.2 Å². The van der Waals surface area contributed by atoms with E-state index < -0.39 is 10.0 Å². The minimum absolute atomic E-state index is 0.0404. The van der Waals surface area contributed by atoms with Gasteiger partial charge in [0.15, 0.2) is 11.5 Å². The summed E-state index contributed by atoms with van der Waals surface area (Å²) in [5.74, 6) is 0.600. The molecule has 0 spiro atoms. The van der Waals surface area contributed by atoms with Crippen LogP contribution in [0.5, 0.6) is 0 Å². The normalized spacial score (nSPS) is 20.3. The Labute approximate surface area is 162 Å². The SMILES string of the molecule is O=C1CCc2cc(S(=O)(=O)N3CCCC3c3nnc4ccccn34)ccc2N1. The number of anilines is 1. The summed E-state index contributed by atoms with van der Waals surface area (Å²) in [5, 5.41) is 11.2. The second-order valence-corrected chi connectivity index (χ2v) is 9.02. The zero-order chi connectivity index (χ0) is 19.3. The predicted molar refractivity (Wildman–Crippen MR) is 102 cm³/mol. The fourth-order valence-electron chi connectivity index (χ4n) is 4.03. The molecule has 1 N–H and O–H groups in total. The second kappa shape index (κ2) is 6.39. The molecule has 1 amide bonds. The summed E-state index contributed by atoms with van der Waals surface area (Å²) in [4.78, 5) is 11.8. The van der Waals surface area contributed by atoms with Gasteiger partial charge >= 0.3 is 0 Å². The van der Waals surface area contributed by atoms with Crippen molar-refractivity contribution in [1.29, 1.82) is 0 Å². The first-order valence-corrected chi connectivity index (χ1v) is 10.7. The van der Waals surface area contributed by atoms with Crippen LogP contribution in [0, 0.1) is 0 Å². The highest BCUT2D eigenvalue weighted by Gasteiger charge is 2.39. The number of pyridine rings is 1. The Bertz CT molecular complexity index is 1190. The van der Waals surface area contributed by atoms with Gasteiger partial charge in [-0.05, 0) is 55.2 Å². The Morgan fingerprint density at radius 1 is 1.11 bits per heavy atom. The molecule has 1 aromatic carbocycles. The van der Waals surface area contributed by atoms with E-state index in [1.54, 1.807) is 18.2 Å². The Morgan fingerprint density at radius 2 is 2.00 bits per heavy atom. The monoisotopic (exact) mass is 397 g/mol. The van der Waals surface area contributed by atoms with Gasteiger partial charge in [-0.15, -0.1) is 10.2 Å². The first-order chi connectivity index (χ1) is 13.5. The fraction of sp³-hybridized carbons (Fsp3) is 0.316. The molecule has 2 aliphatic heterocycles. The van der Waals surface area contributed by atoms with Crippen molar-refractivity contribution in [2.75, 3.05) is 11.9 Å². The number of fused-ring (bicyclic) bond motifs is 2. The van der Waals surface area contributed by atoms with Gasteiger partial charge in [-0.3, -0.25) is 9.20 Å². The van der Waals surface area contributed by atoms with Crippen molar-refractivity contribution in [2.45, 2.75) is 36.6 Å². The highest BCUT2D eigenvalue weighted by atomic mass is 32.2. The lowest BCUT2D eigenvalue weighted by Crippen LogP contribution is -2.32. The van der Waals surface area contributed by atoms with E-state index in [2.05, 4.69) is 15.5 Å². The van der Waals surface area contributed by atoms with Crippen LogP contribution in [0.3, 0.4) is 0 Å². The molecule has 0 aliphatic carbocycles. The molecule has 1 atom stereocenters. The van der Waals surface area contributed by atoms with Gasteiger partial charge in [-0.25, -0.2) is 8.42 Å². The molecule has 0 saturated carbocycles.